The number of hydrogen-bond donors (Lipinski definition) is 0. The summed E-state index contributed by atoms with van der Waals surface area (Å²) < 4.78 is 44.3. The number of fused-ring (bicyclic) bond motifs is 1. The molecule has 1 aliphatic heterocycles. The lowest BCUT2D eigenvalue weighted by atomic mass is 9.90. The Morgan fingerprint density at radius 2 is 1.76 bits per heavy atom. The average Bonchev–Trinajstić information content (AvgIpc) is 3.47. The van der Waals surface area contributed by atoms with E-state index < -0.39 is 10.0 Å². The fraction of sp³-hybridized carbons (Fsp3) is 0.292. The Bertz CT molecular complexity index is 1370. The summed E-state index contributed by atoms with van der Waals surface area (Å²) in [4.78, 5) is 0.258. The summed E-state index contributed by atoms with van der Waals surface area (Å²) in [7, 11) is -3.53. The Hall–Kier alpha value is -3.04. The number of hydrogen-bond acceptors (Lipinski definition) is 4. The third kappa shape index (κ3) is 4.18. The van der Waals surface area contributed by atoms with Crippen molar-refractivity contribution in [2.75, 3.05) is 13.1 Å². The van der Waals surface area contributed by atoms with Gasteiger partial charge in [-0.1, -0.05) is 13.0 Å². The molecule has 7 nitrogen and oxygen atoms in total. The molecular formula is C24H25FN5O2S. The van der Waals surface area contributed by atoms with Crippen LogP contribution in [0.15, 0.2) is 66.0 Å². The summed E-state index contributed by atoms with van der Waals surface area (Å²) >= 11 is 0. The van der Waals surface area contributed by atoms with Crippen LogP contribution >= 0.6 is 0 Å². The Morgan fingerprint density at radius 1 is 1.00 bits per heavy atom. The molecule has 0 unspecified atom stereocenters. The molecule has 9 heteroatoms. The number of benzene rings is 2. The Balaban J connectivity index is 1.30. The molecule has 0 spiro atoms. The summed E-state index contributed by atoms with van der Waals surface area (Å²) in [6.45, 7) is 3.63. The molecule has 1 saturated heterocycles. The van der Waals surface area contributed by atoms with E-state index in [1.54, 1.807) is 38.2 Å². The molecule has 4 aromatic rings. The number of sulfonamides is 1. The van der Waals surface area contributed by atoms with Crippen molar-refractivity contribution in [3.63, 3.8) is 0 Å². The Kier molecular flexibility index (Phi) is 5.76. The maximum absolute atomic E-state index is 13.3. The van der Waals surface area contributed by atoms with Crippen LogP contribution in [0.5, 0.6) is 0 Å². The van der Waals surface area contributed by atoms with Gasteiger partial charge in [0.2, 0.25) is 10.0 Å². The van der Waals surface area contributed by atoms with Crippen molar-refractivity contribution in [2.45, 2.75) is 37.6 Å². The number of rotatable bonds is 6. The van der Waals surface area contributed by atoms with E-state index in [1.807, 2.05) is 13.0 Å². The number of piperidine rings is 1. The first kappa shape index (κ1) is 21.8. The molecule has 0 N–H and O–H groups in total. The van der Waals surface area contributed by atoms with E-state index in [1.165, 1.54) is 24.2 Å². The van der Waals surface area contributed by atoms with Gasteiger partial charge in [0.1, 0.15) is 10.7 Å². The SMILES string of the molecule is CCCn1cc(S(=O)(=O)N2CC[C](c3ccc4c(cnn4-c4ccc(F)cc4)c3)CC2)cn1. The van der Waals surface area contributed by atoms with Crippen LogP contribution in [0, 0.1) is 11.7 Å². The van der Waals surface area contributed by atoms with E-state index in [4.69, 9.17) is 0 Å². The van der Waals surface area contributed by atoms with Crippen molar-refractivity contribution in [1.82, 2.24) is 23.9 Å². The van der Waals surface area contributed by atoms with Gasteiger partial charge < -0.3 is 0 Å². The van der Waals surface area contributed by atoms with Gasteiger partial charge in [-0.3, -0.25) is 4.68 Å². The molecule has 1 radical (unpaired) electrons. The fourth-order valence-electron chi connectivity index (χ4n) is 4.30. The third-order valence-electron chi connectivity index (χ3n) is 6.07. The molecule has 0 bridgehead atoms. The number of halogens is 1. The highest BCUT2D eigenvalue weighted by Gasteiger charge is 2.31. The highest BCUT2D eigenvalue weighted by Crippen LogP contribution is 2.32. The summed E-state index contributed by atoms with van der Waals surface area (Å²) in [6, 6.07) is 12.4. The number of nitrogens with zero attached hydrogens (tertiary/aromatic N) is 5. The lowest BCUT2D eigenvalue weighted by Gasteiger charge is -2.30. The molecule has 0 aliphatic carbocycles. The van der Waals surface area contributed by atoms with Crippen molar-refractivity contribution in [3.05, 3.63) is 78.4 Å². The summed E-state index contributed by atoms with van der Waals surface area (Å²) in [5.74, 6) is 0.955. The van der Waals surface area contributed by atoms with E-state index in [0.29, 0.717) is 32.5 Å². The van der Waals surface area contributed by atoms with E-state index in [-0.39, 0.29) is 10.7 Å². The van der Waals surface area contributed by atoms with E-state index >= 15 is 0 Å². The molecule has 2 aromatic carbocycles. The fourth-order valence-corrected chi connectivity index (χ4v) is 5.70. The zero-order chi connectivity index (χ0) is 23.0. The van der Waals surface area contributed by atoms with Crippen LogP contribution in [0.1, 0.15) is 31.7 Å². The first-order valence-corrected chi connectivity index (χ1v) is 12.5. The molecule has 0 amide bonds. The van der Waals surface area contributed by atoms with E-state index in [9.17, 15) is 12.8 Å². The highest BCUT2D eigenvalue weighted by molar-refractivity contribution is 7.89. The van der Waals surface area contributed by atoms with Crippen LogP contribution in [-0.2, 0) is 16.6 Å². The predicted octanol–water partition coefficient (Wildman–Crippen LogP) is 4.18. The Labute approximate surface area is 192 Å². The molecule has 0 atom stereocenters. The van der Waals surface area contributed by atoms with Crippen molar-refractivity contribution >= 4 is 20.9 Å². The highest BCUT2D eigenvalue weighted by atomic mass is 32.2. The second-order valence-electron chi connectivity index (χ2n) is 8.25. The second-order valence-corrected chi connectivity index (χ2v) is 10.2. The molecule has 5 rings (SSSR count). The van der Waals surface area contributed by atoms with Gasteiger partial charge in [0.05, 0.1) is 23.6 Å². The topological polar surface area (TPSA) is 73.0 Å². The average molecular weight is 467 g/mol. The summed E-state index contributed by atoms with van der Waals surface area (Å²) in [5.41, 5.74) is 2.84. The lowest BCUT2D eigenvalue weighted by Crippen LogP contribution is -2.38. The molecule has 2 aromatic heterocycles. The lowest BCUT2D eigenvalue weighted by molar-refractivity contribution is 0.369. The molecule has 0 saturated carbocycles. The largest absolute Gasteiger partial charge is 0.271 e. The van der Waals surface area contributed by atoms with Crippen molar-refractivity contribution in [3.8, 4) is 5.69 Å². The normalized spacial score (nSPS) is 15.9. The summed E-state index contributed by atoms with van der Waals surface area (Å²) in [6.07, 6.45) is 7.12. The predicted molar refractivity (Wildman–Crippen MR) is 124 cm³/mol. The van der Waals surface area contributed by atoms with Crippen LogP contribution in [0.25, 0.3) is 16.6 Å². The van der Waals surface area contributed by atoms with E-state index in [0.717, 1.165) is 28.6 Å². The summed E-state index contributed by atoms with van der Waals surface area (Å²) in [5, 5.41) is 9.62. The minimum Gasteiger partial charge on any atom is -0.271 e. The van der Waals surface area contributed by atoms with Crippen LogP contribution in [-0.4, -0.2) is 45.4 Å². The molecule has 171 valence electrons. The minimum absolute atomic E-state index is 0.258. The molecular weight excluding hydrogens is 441 g/mol. The molecule has 33 heavy (non-hydrogen) atoms. The van der Waals surface area contributed by atoms with Crippen LogP contribution in [0.2, 0.25) is 0 Å². The molecule has 1 aliphatic rings. The van der Waals surface area contributed by atoms with Gasteiger partial charge in [-0.05, 0) is 61.2 Å². The Morgan fingerprint density at radius 3 is 2.48 bits per heavy atom. The molecule has 3 heterocycles. The van der Waals surface area contributed by atoms with Crippen molar-refractivity contribution in [1.29, 1.82) is 0 Å². The molecule has 1 fully saturated rings. The zero-order valence-corrected chi connectivity index (χ0v) is 19.2. The van der Waals surface area contributed by atoms with Gasteiger partial charge in [0.15, 0.2) is 0 Å². The minimum atomic E-state index is -3.53. The first-order valence-electron chi connectivity index (χ1n) is 11.1. The van der Waals surface area contributed by atoms with Gasteiger partial charge in [-0.25, -0.2) is 17.5 Å². The second kappa shape index (κ2) is 8.72. The van der Waals surface area contributed by atoms with Crippen molar-refractivity contribution < 1.29 is 12.8 Å². The van der Waals surface area contributed by atoms with Gasteiger partial charge in [0, 0.05) is 37.1 Å². The standard InChI is InChI=1S/C24H25FN5O2S/c1-2-11-28-17-23(16-26-28)33(31,32)29-12-9-18(10-13-29)19-3-8-24-20(14-19)15-27-30(24)22-6-4-21(25)5-7-22/h3-8,14-17H,2,9-13H2,1H3. The van der Waals surface area contributed by atoms with Crippen LogP contribution < -0.4 is 0 Å². The number of aromatic nitrogens is 4. The van der Waals surface area contributed by atoms with Gasteiger partial charge in [0.25, 0.3) is 0 Å². The van der Waals surface area contributed by atoms with Gasteiger partial charge in [-0.2, -0.15) is 14.5 Å². The monoisotopic (exact) mass is 466 g/mol. The van der Waals surface area contributed by atoms with Gasteiger partial charge >= 0.3 is 0 Å². The number of aryl methyl sites for hydroxylation is 1. The van der Waals surface area contributed by atoms with Crippen molar-refractivity contribution in [2.24, 2.45) is 0 Å². The van der Waals surface area contributed by atoms with Gasteiger partial charge in [-0.15, -0.1) is 0 Å². The smallest absolute Gasteiger partial charge is 0.246 e. The maximum atomic E-state index is 13.3. The van der Waals surface area contributed by atoms with Crippen LogP contribution in [0.4, 0.5) is 4.39 Å². The zero-order valence-electron chi connectivity index (χ0n) is 18.4. The maximum Gasteiger partial charge on any atom is 0.246 e. The first-order chi connectivity index (χ1) is 16.0. The van der Waals surface area contributed by atoms with Crippen LogP contribution in [0.3, 0.4) is 0 Å². The third-order valence-corrected chi connectivity index (χ3v) is 7.92. The van der Waals surface area contributed by atoms with E-state index in [2.05, 4.69) is 22.3 Å². The quantitative estimate of drug-likeness (QED) is 0.427.